The van der Waals surface area contributed by atoms with Gasteiger partial charge in [0.25, 0.3) is 0 Å². The number of nitriles is 1. The summed E-state index contributed by atoms with van der Waals surface area (Å²) in [5.41, 5.74) is 6.62. The van der Waals surface area contributed by atoms with Crippen molar-refractivity contribution in [3.05, 3.63) is 53.1 Å². The number of nitrogens with one attached hydrogen (secondary N) is 2. The number of hydrogen-bond acceptors (Lipinski definition) is 7. The monoisotopic (exact) mass is 540 g/mol. The first-order valence-electron chi connectivity index (χ1n) is 11.6. The van der Waals surface area contributed by atoms with Crippen LogP contribution in [0.3, 0.4) is 0 Å². The summed E-state index contributed by atoms with van der Waals surface area (Å²) in [4.78, 5) is 21.8. The van der Waals surface area contributed by atoms with Crippen LogP contribution in [0.2, 0.25) is 0 Å². The van der Waals surface area contributed by atoms with Crippen molar-refractivity contribution in [2.45, 2.75) is 37.3 Å². The largest absolute Gasteiger partial charge is 0.458 e. The fourth-order valence-corrected chi connectivity index (χ4v) is 4.96. The number of anilines is 3. The van der Waals surface area contributed by atoms with Gasteiger partial charge in [0.1, 0.15) is 6.07 Å². The van der Waals surface area contributed by atoms with E-state index in [2.05, 4.69) is 33.7 Å². The molecule has 0 aromatic heterocycles. The van der Waals surface area contributed by atoms with Crippen LogP contribution in [0, 0.1) is 11.3 Å². The minimum atomic E-state index is -5.77. The zero-order chi connectivity index (χ0) is 27.7. The average molecular weight is 540 g/mol. The molecule has 0 bridgehead atoms. The number of ketones is 2. The number of carbonyl (C=O) groups is 2. The summed E-state index contributed by atoms with van der Waals surface area (Å²) in [6.45, 7) is 4.53. The van der Waals surface area contributed by atoms with Crippen LogP contribution in [0.15, 0.2) is 36.4 Å². The second kappa shape index (κ2) is 10.6. The second-order valence-corrected chi connectivity index (χ2v) is 8.92. The van der Waals surface area contributed by atoms with Crippen molar-refractivity contribution in [2.75, 3.05) is 36.5 Å². The van der Waals surface area contributed by atoms with Crippen molar-refractivity contribution < 1.29 is 40.7 Å². The summed E-state index contributed by atoms with van der Waals surface area (Å²) < 4.78 is 72.8. The molecule has 0 radical (unpaired) electrons. The molecule has 7 nitrogen and oxygen atoms in total. The molecule has 3 heterocycles. The number of halogens is 6. The molecule has 0 spiro atoms. The number of benzene rings is 2. The number of piperidine rings is 1. The maximum absolute atomic E-state index is 11.2. The van der Waals surface area contributed by atoms with Gasteiger partial charge in [0, 0.05) is 42.0 Å². The first kappa shape index (κ1) is 27.4. The van der Waals surface area contributed by atoms with Crippen LogP contribution in [0.5, 0.6) is 0 Å². The van der Waals surface area contributed by atoms with Crippen LogP contribution >= 0.6 is 0 Å². The Balaban J connectivity index is 0.000000240. The van der Waals surface area contributed by atoms with E-state index in [1.807, 2.05) is 24.3 Å². The van der Waals surface area contributed by atoms with E-state index in [0.29, 0.717) is 24.1 Å². The molecule has 3 aliphatic heterocycles. The third-order valence-electron chi connectivity index (χ3n) is 6.53. The van der Waals surface area contributed by atoms with Crippen molar-refractivity contribution in [1.82, 2.24) is 5.32 Å². The van der Waals surface area contributed by atoms with Crippen molar-refractivity contribution in [3.63, 3.8) is 0 Å². The number of Topliss-reactive ketones (excluding diaryl/α,β-unsaturated/α-hetero) is 2. The van der Waals surface area contributed by atoms with E-state index in [4.69, 9.17) is 4.74 Å². The fourth-order valence-electron chi connectivity index (χ4n) is 4.96. The molecule has 0 unspecified atom stereocenters. The Kier molecular flexibility index (Phi) is 7.66. The number of nitrogens with zero attached hydrogens (tertiary/aromatic N) is 2. The van der Waals surface area contributed by atoms with Crippen LogP contribution in [-0.4, -0.2) is 56.2 Å². The zero-order valence-corrected chi connectivity index (χ0v) is 19.7. The van der Waals surface area contributed by atoms with Gasteiger partial charge >= 0.3 is 23.9 Å². The van der Waals surface area contributed by atoms with Crippen molar-refractivity contribution >= 4 is 28.6 Å². The SMILES string of the molecule is N#Cc1ccccc1Nc1cc2c3c(c1)[C@@H]1CNCC[C@@H]1N3CCOC2.O=C(C(=O)C(F)(F)F)C(F)(F)F. The highest BCUT2D eigenvalue weighted by Gasteiger charge is 2.54. The van der Waals surface area contributed by atoms with E-state index >= 15 is 0 Å². The van der Waals surface area contributed by atoms with Gasteiger partial charge in [0.05, 0.1) is 24.5 Å². The summed E-state index contributed by atoms with van der Waals surface area (Å²) >= 11 is 0. The molecular weight excluding hydrogens is 518 g/mol. The lowest BCUT2D eigenvalue weighted by molar-refractivity contribution is -0.193. The third-order valence-corrected chi connectivity index (χ3v) is 6.53. The van der Waals surface area contributed by atoms with Crippen LogP contribution < -0.4 is 15.5 Å². The second-order valence-electron chi connectivity index (χ2n) is 8.92. The topological polar surface area (TPSA) is 94.5 Å². The molecule has 3 aliphatic rings. The summed E-state index contributed by atoms with van der Waals surface area (Å²) in [5, 5.41) is 16.4. The molecule has 202 valence electrons. The van der Waals surface area contributed by atoms with Gasteiger partial charge in [-0.2, -0.15) is 31.6 Å². The lowest BCUT2D eigenvalue weighted by Gasteiger charge is -2.33. The Morgan fingerprint density at radius 1 is 1.08 bits per heavy atom. The number of alkyl halides is 6. The first-order valence-corrected chi connectivity index (χ1v) is 11.6. The van der Waals surface area contributed by atoms with Gasteiger partial charge in [-0.1, -0.05) is 12.1 Å². The number of para-hydroxylation sites is 1. The van der Waals surface area contributed by atoms with Gasteiger partial charge in [-0.15, -0.1) is 0 Å². The number of fused-ring (bicyclic) bond motifs is 3. The van der Waals surface area contributed by atoms with E-state index < -0.39 is 23.9 Å². The van der Waals surface area contributed by atoms with Gasteiger partial charge in [-0.05, 0) is 42.8 Å². The molecule has 2 aromatic carbocycles. The molecule has 1 saturated heterocycles. The zero-order valence-electron chi connectivity index (χ0n) is 19.7. The van der Waals surface area contributed by atoms with Crippen LogP contribution in [-0.2, 0) is 20.9 Å². The average Bonchev–Trinajstić information content (AvgIpc) is 3.03. The van der Waals surface area contributed by atoms with Gasteiger partial charge in [0.2, 0.25) is 0 Å². The Bertz CT molecular complexity index is 1250. The first-order chi connectivity index (χ1) is 17.9. The predicted octanol–water partition coefficient (Wildman–Crippen LogP) is 4.35. The van der Waals surface area contributed by atoms with Gasteiger partial charge in [-0.25, -0.2) is 0 Å². The summed E-state index contributed by atoms with van der Waals surface area (Å²) in [6, 6.07) is 15.0. The number of carbonyl (C=O) groups excluding carboxylic acids is 2. The summed E-state index contributed by atoms with van der Waals surface area (Å²) in [7, 11) is 0. The standard InChI is InChI=1S/C21H22N4O.C4F6O2/c22-11-14-3-1-2-4-19(14)24-16-9-15-13-26-8-7-25-20-5-6-23-12-18(20)17(10-16)21(15)25;5-3(6,7)1(11)2(12)4(8,9)10/h1-4,9-10,18,20,23-24H,5-8,12-13H2;/t18-,20-;/m0./s1. The maximum atomic E-state index is 11.2. The number of hydrogen-bond donors (Lipinski definition) is 2. The van der Waals surface area contributed by atoms with E-state index in [1.165, 1.54) is 23.2 Å². The highest BCUT2D eigenvalue weighted by atomic mass is 19.4. The van der Waals surface area contributed by atoms with E-state index in [9.17, 15) is 41.2 Å². The lowest BCUT2D eigenvalue weighted by atomic mass is 9.89. The third kappa shape index (κ3) is 5.61. The van der Waals surface area contributed by atoms with Crippen molar-refractivity contribution in [3.8, 4) is 6.07 Å². The Morgan fingerprint density at radius 3 is 2.42 bits per heavy atom. The van der Waals surface area contributed by atoms with Crippen LogP contribution in [0.4, 0.5) is 43.4 Å². The quantitative estimate of drug-likeness (QED) is 0.442. The molecule has 2 aromatic rings. The molecule has 2 N–H and O–H groups in total. The summed E-state index contributed by atoms with van der Waals surface area (Å²) in [6.07, 6.45) is -10.4. The predicted molar refractivity (Wildman–Crippen MR) is 124 cm³/mol. The molecule has 0 saturated carbocycles. The number of ether oxygens (including phenoxy) is 1. The van der Waals surface area contributed by atoms with Crippen molar-refractivity contribution in [2.24, 2.45) is 0 Å². The van der Waals surface area contributed by atoms with Crippen molar-refractivity contribution in [1.29, 1.82) is 5.26 Å². The van der Waals surface area contributed by atoms with Crippen LogP contribution in [0.1, 0.15) is 29.0 Å². The smallest absolute Gasteiger partial charge is 0.375 e. The minimum Gasteiger partial charge on any atom is -0.375 e. The highest BCUT2D eigenvalue weighted by molar-refractivity contribution is 6.41. The van der Waals surface area contributed by atoms with Gasteiger partial charge < -0.3 is 20.3 Å². The fraction of sp³-hybridized carbons (Fsp3) is 0.400. The maximum Gasteiger partial charge on any atom is 0.458 e. The Morgan fingerprint density at radius 2 is 1.76 bits per heavy atom. The molecule has 0 amide bonds. The van der Waals surface area contributed by atoms with Gasteiger partial charge in [-0.3, -0.25) is 9.59 Å². The summed E-state index contributed by atoms with van der Waals surface area (Å²) in [5.74, 6) is -6.28. The van der Waals surface area contributed by atoms with E-state index in [1.54, 1.807) is 0 Å². The van der Waals surface area contributed by atoms with Crippen LogP contribution in [0.25, 0.3) is 0 Å². The molecule has 38 heavy (non-hydrogen) atoms. The lowest BCUT2D eigenvalue weighted by Crippen LogP contribution is -2.44. The molecule has 0 aliphatic carbocycles. The molecular formula is C25H22F6N4O3. The number of rotatable bonds is 3. The minimum absolute atomic E-state index is 0.531. The normalized spacial score (nSPS) is 20.2. The van der Waals surface area contributed by atoms with Gasteiger partial charge in [0.15, 0.2) is 0 Å². The van der Waals surface area contributed by atoms with E-state index in [0.717, 1.165) is 37.6 Å². The molecule has 1 fully saturated rings. The highest BCUT2D eigenvalue weighted by Crippen LogP contribution is 2.47. The molecule has 5 rings (SSSR count). The molecule has 13 heteroatoms. The van der Waals surface area contributed by atoms with E-state index in [-0.39, 0.29) is 0 Å². The Labute approximate surface area is 213 Å². The molecule has 2 atom stereocenters. The Hall–Kier alpha value is -3.63.